The van der Waals surface area contributed by atoms with Crippen molar-refractivity contribution in [2.24, 2.45) is 0 Å². The molecule has 0 aliphatic heterocycles. The van der Waals surface area contributed by atoms with Crippen LogP contribution in [0.4, 0.5) is 5.95 Å². The van der Waals surface area contributed by atoms with E-state index >= 15 is 0 Å². The molecule has 1 heterocycles. The van der Waals surface area contributed by atoms with E-state index in [1.807, 2.05) is 0 Å². The first-order valence-electron chi connectivity index (χ1n) is 5.06. The second-order valence-electron chi connectivity index (χ2n) is 3.95. The van der Waals surface area contributed by atoms with Gasteiger partial charge in [0, 0.05) is 13.7 Å². The van der Waals surface area contributed by atoms with E-state index in [1.165, 1.54) is 6.42 Å². The molecule has 0 atom stereocenters. The predicted octanol–water partition coefficient (Wildman–Crippen LogP) is 1.58. The molecule has 0 radical (unpaired) electrons. The smallest absolute Gasteiger partial charge is 0.240 e. The van der Waals surface area contributed by atoms with Crippen LogP contribution in [-0.2, 0) is 11.3 Å². The third-order valence-electron chi connectivity index (χ3n) is 3.12. The Bertz CT molecular complexity index is 342. The number of hydrogen-bond acceptors (Lipinski definition) is 4. The number of aryl methyl sites for hydroxylation is 1. The number of nitrogens with zero attached hydrogens (tertiary/aromatic N) is 3. The van der Waals surface area contributed by atoms with Gasteiger partial charge in [0.05, 0.1) is 5.60 Å². The Kier molecular flexibility index (Phi) is 2.97. The summed E-state index contributed by atoms with van der Waals surface area (Å²) in [5, 5.41) is 4.09. The Morgan fingerprint density at radius 3 is 2.73 bits per heavy atom. The van der Waals surface area contributed by atoms with Gasteiger partial charge in [0.25, 0.3) is 0 Å². The standard InChI is InChI=1S/C9H15BrN4O/c1-15-9(3-2-4-9)5-6-14-7(10)12-8(11)13-14/h2-6H2,1H3,(H2,11,13). The van der Waals surface area contributed by atoms with E-state index < -0.39 is 0 Å². The maximum Gasteiger partial charge on any atom is 0.240 e. The first-order chi connectivity index (χ1) is 7.15. The van der Waals surface area contributed by atoms with Gasteiger partial charge in [-0.1, -0.05) is 0 Å². The number of nitrogen functional groups attached to an aromatic ring is 1. The molecule has 1 aromatic rings. The van der Waals surface area contributed by atoms with Gasteiger partial charge in [-0.05, 0) is 41.6 Å². The van der Waals surface area contributed by atoms with Crippen LogP contribution in [-0.4, -0.2) is 27.5 Å². The van der Waals surface area contributed by atoms with Gasteiger partial charge in [0.2, 0.25) is 5.95 Å². The van der Waals surface area contributed by atoms with Crippen LogP contribution in [0.3, 0.4) is 0 Å². The summed E-state index contributed by atoms with van der Waals surface area (Å²) < 4.78 is 7.99. The minimum atomic E-state index is 0.0696. The van der Waals surface area contributed by atoms with Crippen molar-refractivity contribution in [2.45, 2.75) is 37.8 Å². The van der Waals surface area contributed by atoms with Gasteiger partial charge in [-0.3, -0.25) is 0 Å². The van der Waals surface area contributed by atoms with E-state index in [0.717, 1.165) is 25.8 Å². The number of aromatic nitrogens is 3. The molecule has 84 valence electrons. The molecule has 0 bridgehead atoms. The van der Waals surface area contributed by atoms with E-state index in [1.54, 1.807) is 11.8 Å². The highest BCUT2D eigenvalue weighted by Crippen LogP contribution is 2.38. The topological polar surface area (TPSA) is 66.0 Å². The molecule has 0 amide bonds. The van der Waals surface area contributed by atoms with E-state index in [0.29, 0.717) is 10.7 Å². The molecule has 6 heteroatoms. The molecule has 1 aliphatic rings. The highest BCUT2D eigenvalue weighted by Gasteiger charge is 2.36. The van der Waals surface area contributed by atoms with Gasteiger partial charge < -0.3 is 10.5 Å². The Balaban J connectivity index is 1.95. The number of anilines is 1. The Morgan fingerprint density at radius 1 is 1.60 bits per heavy atom. The van der Waals surface area contributed by atoms with Gasteiger partial charge >= 0.3 is 0 Å². The average molecular weight is 275 g/mol. The van der Waals surface area contributed by atoms with Crippen LogP contribution in [0.15, 0.2) is 4.73 Å². The fourth-order valence-corrected chi connectivity index (χ4v) is 2.36. The summed E-state index contributed by atoms with van der Waals surface area (Å²) in [6, 6.07) is 0. The molecule has 0 spiro atoms. The Morgan fingerprint density at radius 2 is 2.33 bits per heavy atom. The minimum absolute atomic E-state index is 0.0696. The van der Waals surface area contributed by atoms with Gasteiger partial charge in [-0.2, -0.15) is 4.98 Å². The van der Waals surface area contributed by atoms with Crippen molar-refractivity contribution in [1.82, 2.24) is 14.8 Å². The van der Waals surface area contributed by atoms with Crippen LogP contribution in [0.5, 0.6) is 0 Å². The number of halogens is 1. The lowest BCUT2D eigenvalue weighted by Gasteiger charge is -2.40. The monoisotopic (exact) mass is 274 g/mol. The normalized spacial score (nSPS) is 18.8. The molecule has 1 aliphatic carbocycles. The van der Waals surface area contributed by atoms with Crippen molar-refractivity contribution >= 4 is 21.9 Å². The average Bonchev–Trinajstić information content (AvgIpc) is 2.44. The first-order valence-corrected chi connectivity index (χ1v) is 5.85. The van der Waals surface area contributed by atoms with Crippen molar-refractivity contribution in [3.05, 3.63) is 4.73 Å². The predicted molar refractivity (Wildman–Crippen MR) is 60.3 cm³/mol. The fraction of sp³-hybridized carbons (Fsp3) is 0.778. The van der Waals surface area contributed by atoms with Crippen LogP contribution in [0.1, 0.15) is 25.7 Å². The molecule has 1 fully saturated rings. The largest absolute Gasteiger partial charge is 0.378 e. The summed E-state index contributed by atoms with van der Waals surface area (Å²) in [7, 11) is 1.78. The Labute approximate surface area is 97.1 Å². The first kappa shape index (κ1) is 10.9. The van der Waals surface area contributed by atoms with Gasteiger partial charge in [-0.25, -0.2) is 4.68 Å². The van der Waals surface area contributed by atoms with Crippen LogP contribution >= 0.6 is 15.9 Å². The molecule has 15 heavy (non-hydrogen) atoms. The zero-order valence-corrected chi connectivity index (χ0v) is 10.3. The van der Waals surface area contributed by atoms with Crippen molar-refractivity contribution < 1.29 is 4.74 Å². The maximum atomic E-state index is 5.53. The second-order valence-corrected chi connectivity index (χ2v) is 4.66. The Hall–Kier alpha value is -0.620. The van der Waals surface area contributed by atoms with Gasteiger partial charge in [-0.15, -0.1) is 5.10 Å². The van der Waals surface area contributed by atoms with E-state index in [2.05, 4.69) is 26.0 Å². The summed E-state index contributed by atoms with van der Waals surface area (Å²) in [5.74, 6) is 0.307. The number of ether oxygens (including phenoxy) is 1. The van der Waals surface area contributed by atoms with E-state index in [-0.39, 0.29) is 5.60 Å². The minimum Gasteiger partial charge on any atom is -0.378 e. The molecule has 2 N–H and O–H groups in total. The summed E-state index contributed by atoms with van der Waals surface area (Å²) >= 11 is 3.32. The number of methoxy groups -OCH3 is 1. The quantitative estimate of drug-likeness (QED) is 0.906. The number of hydrogen-bond donors (Lipinski definition) is 1. The molecular formula is C9H15BrN4O. The summed E-state index contributed by atoms with van der Waals surface area (Å²) in [5.41, 5.74) is 5.56. The van der Waals surface area contributed by atoms with Crippen molar-refractivity contribution in [3.63, 3.8) is 0 Å². The van der Waals surface area contributed by atoms with E-state index in [4.69, 9.17) is 10.5 Å². The third-order valence-corrected chi connectivity index (χ3v) is 3.71. The summed E-state index contributed by atoms with van der Waals surface area (Å²) in [4.78, 5) is 3.99. The lowest BCUT2D eigenvalue weighted by Crippen LogP contribution is -2.40. The van der Waals surface area contributed by atoms with Gasteiger partial charge in [0.1, 0.15) is 0 Å². The van der Waals surface area contributed by atoms with Crippen molar-refractivity contribution in [2.75, 3.05) is 12.8 Å². The van der Waals surface area contributed by atoms with Crippen LogP contribution in [0.25, 0.3) is 0 Å². The molecule has 0 aromatic carbocycles. The summed E-state index contributed by atoms with van der Waals surface area (Å²) in [6.07, 6.45) is 4.51. The molecule has 5 nitrogen and oxygen atoms in total. The molecule has 1 saturated carbocycles. The highest BCUT2D eigenvalue weighted by molar-refractivity contribution is 9.10. The zero-order chi connectivity index (χ0) is 10.9. The molecule has 0 saturated heterocycles. The summed E-state index contributed by atoms with van der Waals surface area (Å²) in [6.45, 7) is 0.790. The maximum absolute atomic E-state index is 5.53. The van der Waals surface area contributed by atoms with Crippen LogP contribution in [0.2, 0.25) is 0 Å². The van der Waals surface area contributed by atoms with Gasteiger partial charge in [0.15, 0.2) is 4.73 Å². The number of nitrogens with two attached hydrogens (primary N) is 1. The molecule has 2 rings (SSSR count). The zero-order valence-electron chi connectivity index (χ0n) is 8.74. The molecule has 0 unspecified atom stereocenters. The lowest BCUT2D eigenvalue weighted by molar-refractivity contribution is -0.0805. The molecular weight excluding hydrogens is 260 g/mol. The second kappa shape index (κ2) is 4.09. The number of rotatable bonds is 4. The third kappa shape index (κ3) is 2.15. The van der Waals surface area contributed by atoms with Crippen LogP contribution < -0.4 is 5.73 Å². The van der Waals surface area contributed by atoms with E-state index in [9.17, 15) is 0 Å². The highest BCUT2D eigenvalue weighted by atomic mass is 79.9. The van der Waals surface area contributed by atoms with Crippen LogP contribution in [0, 0.1) is 0 Å². The van der Waals surface area contributed by atoms with Crippen molar-refractivity contribution in [3.8, 4) is 0 Å². The molecule has 1 aromatic heterocycles. The SMILES string of the molecule is COC1(CCn2nc(N)nc2Br)CCC1. The lowest BCUT2D eigenvalue weighted by atomic mass is 9.77. The fourth-order valence-electron chi connectivity index (χ4n) is 1.92. The van der Waals surface area contributed by atoms with Crippen molar-refractivity contribution in [1.29, 1.82) is 0 Å².